The van der Waals surface area contributed by atoms with Crippen LogP contribution in [-0.2, 0) is 28.5 Å². The van der Waals surface area contributed by atoms with Crippen molar-refractivity contribution in [3.63, 3.8) is 0 Å². The van der Waals surface area contributed by atoms with Crippen LogP contribution >= 0.6 is 0 Å². The van der Waals surface area contributed by atoms with E-state index in [4.69, 9.17) is 18.9 Å². The van der Waals surface area contributed by atoms with Gasteiger partial charge in [-0.05, 0) is 124 Å². The minimum Gasteiger partial charge on any atom is -0.481 e. The van der Waals surface area contributed by atoms with E-state index in [1.54, 1.807) is 0 Å². The van der Waals surface area contributed by atoms with Gasteiger partial charge in [0.2, 0.25) is 0 Å². The average molecular weight is 673 g/mol. The molecule has 2 aliphatic heterocycles. The third-order valence-electron chi connectivity index (χ3n) is 16.1. The van der Waals surface area contributed by atoms with E-state index in [-0.39, 0.29) is 40.6 Å². The molecule has 0 amide bonds. The summed E-state index contributed by atoms with van der Waals surface area (Å²) in [7, 11) is 0. The number of fused-ring (bicyclic) bond motifs is 8. The molecule has 4 saturated carbocycles. The van der Waals surface area contributed by atoms with Crippen LogP contribution in [0.5, 0.6) is 0 Å². The van der Waals surface area contributed by atoms with Gasteiger partial charge in [0.25, 0.3) is 0 Å². The Bertz CT molecular complexity index is 1370. The van der Waals surface area contributed by atoms with E-state index in [0.29, 0.717) is 25.2 Å². The summed E-state index contributed by atoms with van der Waals surface area (Å²) >= 11 is 0. The predicted octanol–water partition coefficient (Wildman–Crippen LogP) is 6.80. The largest absolute Gasteiger partial charge is 0.481 e. The first-order chi connectivity index (χ1) is 22.3. The molecule has 6 fully saturated rings. The van der Waals surface area contributed by atoms with Gasteiger partial charge < -0.3 is 34.3 Å². The molecule has 48 heavy (non-hydrogen) atoms. The van der Waals surface area contributed by atoms with Crippen LogP contribution in [0.1, 0.15) is 120 Å². The molecular weight excluding hydrogens is 612 g/mol. The van der Waals surface area contributed by atoms with Gasteiger partial charge in [0.15, 0.2) is 12.1 Å². The van der Waals surface area contributed by atoms with Crippen molar-refractivity contribution in [2.75, 3.05) is 0 Å². The van der Waals surface area contributed by atoms with E-state index in [1.807, 2.05) is 20.8 Å². The van der Waals surface area contributed by atoms with E-state index in [9.17, 15) is 24.9 Å². The Kier molecular flexibility index (Phi) is 7.99. The van der Waals surface area contributed by atoms with Crippen molar-refractivity contribution in [1.82, 2.24) is 0 Å². The fourth-order valence-electron chi connectivity index (χ4n) is 13.4. The molecule has 270 valence electrons. The zero-order chi connectivity index (χ0) is 35.0. The molecule has 0 spiro atoms. The lowest BCUT2D eigenvalue weighted by Crippen LogP contribution is -2.68. The van der Waals surface area contributed by atoms with Crippen molar-refractivity contribution in [1.29, 1.82) is 0 Å². The Morgan fingerprint density at radius 2 is 1.52 bits per heavy atom. The predicted molar refractivity (Wildman–Crippen MR) is 178 cm³/mol. The number of carbonyl (C=O) groups is 2. The molecule has 5 aliphatic carbocycles. The first-order valence-corrected chi connectivity index (χ1v) is 18.8. The van der Waals surface area contributed by atoms with Crippen LogP contribution in [0.15, 0.2) is 11.6 Å². The quantitative estimate of drug-likeness (QED) is 0.218. The lowest BCUT2D eigenvalue weighted by Gasteiger charge is -2.70. The number of carboxylic acid groups (broad SMARTS) is 2. The summed E-state index contributed by atoms with van der Waals surface area (Å²) < 4.78 is 25.5. The van der Waals surface area contributed by atoms with E-state index >= 15 is 0 Å². The smallest absolute Gasteiger partial charge is 0.314 e. The highest BCUT2D eigenvalue weighted by molar-refractivity contribution is 5.84. The second-order valence-corrected chi connectivity index (χ2v) is 18.7. The highest BCUT2D eigenvalue weighted by Gasteiger charge is 2.73. The van der Waals surface area contributed by atoms with E-state index in [0.717, 1.165) is 44.1 Å². The van der Waals surface area contributed by atoms with Crippen molar-refractivity contribution in [2.24, 2.45) is 56.7 Å². The lowest BCUT2D eigenvalue weighted by atomic mass is 9.33. The molecule has 0 aromatic carbocycles. The Labute approximate surface area is 286 Å². The van der Waals surface area contributed by atoms with Crippen LogP contribution in [0.3, 0.4) is 0 Å². The summed E-state index contributed by atoms with van der Waals surface area (Å²) in [5.41, 5.74) is -1.86. The molecule has 0 aromatic heterocycles. The number of allylic oxidation sites excluding steroid dienone is 1. The zero-order valence-corrected chi connectivity index (χ0v) is 30.6. The molecular formula is C39H60O9. The Morgan fingerprint density at radius 3 is 2.19 bits per heavy atom. The minimum absolute atomic E-state index is 0.112. The topological polar surface area (TPSA) is 132 Å². The fourth-order valence-corrected chi connectivity index (χ4v) is 13.4. The number of aliphatic carboxylic acids is 2. The summed E-state index contributed by atoms with van der Waals surface area (Å²) in [6.07, 6.45) is 5.64. The van der Waals surface area contributed by atoms with Crippen LogP contribution in [0.4, 0.5) is 0 Å². The monoisotopic (exact) mass is 672 g/mol. The van der Waals surface area contributed by atoms with E-state index < -0.39 is 64.7 Å². The number of hydrogen-bond donors (Lipinski definition) is 3. The van der Waals surface area contributed by atoms with Gasteiger partial charge in [-0.15, -0.1) is 0 Å². The minimum atomic E-state index is -1.06. The first-order valence-electron chi connectivity index (χ1n) is 18.8. The summed E-state index contributed by atoms with van der Waals surface area (Å²) in [5, 5.41) is 32.9. The maximum absolute atomic E-state index is 13.9. The highest BCUT2D eigenvalue weighted by Crippen LogP contribution is 2.76. The molecule has 15 atom stereocenters. The Morgan fingerprint density at radius 1 is 0.833 bits per heavy atom. The number of aliphatic hydroxyl groups excluding tert-OH is 1. The molecule has 9 heteroatoms. The summed E-state index contributed by atoms with van der Waals surface area (Å²) in [6, 6.07) is 0. The molecule has 3 N–H and O–H groups in total. The standard InChI is InChI=1S/C39H60O9/c1-20-12-17-38(32(41)42)18-19-39(33(43)44)23(27(38)21(20)2)10-11-25-36(8)15-14-26(34(4,5)24(36)13-16-37(25,39)9)46-31-30-29(28(40)22(3)45-31)47-35(6,7)48-30/h10,20-22,24-31,40H,11-19H2,1-9H3,(H,41,42)(H,43,44). The third-order valence-corrected chi connectivity index (χ3v) is 16.1. The Hall–Kier alpha value is -1.52. The molecule has 9 nitrogen and oxygen atoms in total. The molecule has 7 aliphatic rings. The normalized spacial score (nSPS) is 53.6. The number of aliphatic hydroxyl groups is 1. The van der Waals surface area contributed by atoms with Gasteiger partial charge in [-0.1, -0.05) is 53.2 Å². The fraction of sp³-hybridized carbons (Fsp3) is 0.897. The van der Waals surface area contributed by atoms with Gasteiger partial charge in [-0.25, -0.2) is 0 Å². The second kappa shape index (κ2) is 11.0. The average Bonchev–Trinajstić information content (AvgIpc) is 3.33. The van der Waals surface area contributed by atoms with E-state index in [1.165, 1.54) is 0 Å². The number of hydrogen-bond acceptors (Lipinski definition) is 7. The van der Waals surface area contributed by atoms with Crippen LogP contribution < -0.4 is 0 Å². The SMILES string of the molecule is CC1CCC2(C(=O)O)CCC3(C(=O)O)C(=CCC4C5(C)CCC(OC6OC(C)C(O)C7OC(C)(C)OC67)C(C)(C)C5CCC43C)C2C1C. The Balaban J connectivity index is 1.21. The molecule has 0 aromatic rings. The molecule has 2 heterocycles. The number of rotatable bonds is 4. The molecule has 0 radical (unpaired) electrons. The van der Waals surface area contributed by atoms with Crippen molar-refractivity contribution < 1.29 is 43.9 Å². The van der Waals surface area contributed by atoms with Gasteiger partial charge in [-0.3, -0.25) is 9.59 Å². The van der Waals surface area contributed by atoms with Crippen LogP contribution in [0.25, 0.3) is 0 Å². The number of ether oxygens (including phenoxy) is 4. The van der Waals surface area contributed by atoms with Gasteiger partial charge in [0, 0.05) is 0 Å². The maximum atomic E-state index is 13.9. The lowest BCUT2D eigenvalue weighted by molar-refractivity contribution is -0.310. The molecule has 0 bridgehead atoms. The summed E-state index contributed by atoms with van der Waals surface area (Å²) in [4.78, 5) is 27.0. The highest BCUT2D eigenvalue weighted by atomic mass is 16.8. The van der Waals surface area contributed by atoms with Gasteiger partial charge in [0.1, 0.15) is 18.3 Å². The van der Waals surface area contributed by atoms with Crippen molar-refractivity contribution in [3.8, 4) is 0 Å². The number of carboxylic acids is 2. The van der Waals surface area contributed by atoms with Crippen LogP contribution in [0, 0.1) is 56.7 Å². The van der Waals surface area contributed by atoms with E-state index in [2.05, 4.69) is 47.6 Å². The van der Waals surface area contributed by atoms with Crippen LogP contribution in [0.2, 0.25) is 0 Å². The maximum Gasteiger partial charge on any atom is 0.314 e. The van der Waals surface area contributed by atoms with Gasteiger partial charge in [0.05, 0.1) is 23.0 Å². The molecule has 2 saturated heterocycles. The second-order valence-electron chi connectivity index (χ2n) is 18.7. The van der Waals surface area contributed by atoms with Crippen molar-refractivity contribution in [3.05, 3.63) is 11.6 Å². The van der Waals surface area contributed by atoms with Crippen molar-refractivity contribution in [2.45, 2.75) is 163 Å². The molecule has 7 rings (SSSR count). The first kappa shape index (κ1) is 34.9. The van der Waals surface area contributed by atoms with Crippen LogP contribution in [-0.4, -0.2) is 69.9 Å². The summed E-state index contributed by atoms with van der Waals surface area (Å²) in [5.74, 6) is -1.69. The van der Waals surface area contributed by atoms with Crippen molar-refractivity contribution >= 4 is 11.9 Å². The zero-order valence-electron chi connectivity index (χ0n) is 30.6. The van der Waals surface area contributed by atoms with Gasteiger partial charge in [-0.2, -0.15) is 0 Å². The third kappa shape index (κ3) is 4.45. The molecule has 15 unspecified atom stereocenters. The summed E-state index contributed by atoms with van der Waals surface area (Å²) in [6.45, 7) is 19.2. The van der Waals surface area contributed by atoms with Gasteiger partial charge >= 0.3 is 11.9 Å².